The summed E-state index contributed by atoms with van der Waals surface area (Å²) in [6.07, 6.45) is 10.1. The summed E-state index contributed by atoms with van der Waals surface area (Å²) in [5.41, 5.74) is 10.5. The highest BCUT2D eigenvalue weighted by molar-refractivity contribution is 5.89. The zero-order chi connectivity index (χ0) is 20.5. The number of hydrogen-bond donors (Lipinski definition) is 2. The quantitative estimate of drug-likeness (QED) is 0.248. The molecule has 156 valence electrons. The van der Waals surface area contributed by atoms with Crippen LogP contribution in [0, 0.1) is 0 Å². The van der Waals surface area contributed by atoms with E-state index >= 15 is 0 Å². The number of ether oxygens (including phenoxy) is 2. The van der Waals surface area contributed by atoms with Gasteiger partial charge in [0.05, 0.1) is 6.54 Å². The van der Waals surface area contributed by atoms with Gasteiger partial charge in [0.2, 0.25) is 0 Å². The summed E-state index contributed by atoms with van der Waals surface area (Å²) in [6.45, 7) is 1.76. The molecule has 1 unspecified atom stereocenters. The summed E-state index contributed by atoms with van der Waals surface area (Å²) in [6, 6.07) is -1.15. The van der Waals surface area contributed by atoms with Crippen molar-refractivity contribution in [1.29, 1.82) is 0 Å². The van der Waals surface area contributed by atoms with E-state index in [0.29, 0.717) is 6.42 Å². The smallest absolute Gasteiger partial charge is 0.330 e. The molecule has 0 spiro atoms. The molecular formula is C19H34N2O6. The molecule has 1 atom stereocenters. The van der Waals surface area contributed by atoms with Crippen LogP contribution in [0.5, 0.6) is 0 Å². The van der Waals surface area contributed by atoms with E-state index in [-0.39, 0.29) is 19.3 Å². The molecule has 27 heavy (non-hydrogen) atoms. The average molecular weight is 386 g/mol. The number of nitrogens with two attached hydrogens (primary N) is 2. The lowest BCUT2D eigenvalue weighted by Gasteiger charge is -2.09. The van der Waals surface area contributed by atoms with Crippen molar-refractivity contribution in [3.8, 4) is 0 Å². The van der Waals surface area contributed by atoms with Crippen LogP contribution in [0.2, 0.25) is 0 Å². The fourth-order valence-electron chi connectivity index (χ4n) is 2.43. The number of hydrogen-bond acceptors (Lipinski definition) is 8. The van der Waals surface area contributed by atoms with Gasteiger partial charge in [-0.05, 0) is 12.8 Å². The van der Waals surface area contributed by atoms with Crippen LogP contribution < -0.4 is 11.5 Å². The molecule has 0 saturated carbocycles. The first kappa shape index (κ1) is 25.2. The maximum Gasteiger partial charge on any atom is 0.330 e. The predicted molar refractivity (Wildman–Crippen MR) is 100 cm³/mol. The molecule has 0 amide bonds. The van der Waals surface area contributed by atoms with Crippen LogP contribution in [0.15, 0.2) is 0 Å². The second-order valence-electron chi connectivity index (χ2n) is 6.57. The van der Waals surface area contributed by atoms with Gasteiger partial charge in [0, 0.05) is 12.8 Å². The molecule has 0 heterocycles. The van der Waals surface area contributed by atoms with Crippen molar-refractivity contribution < 1.29 is 28.7 Å². The summed E-state index contributed by atoms with van der Waals surface area (Å²) in [4.78, 5) is 45.5. The van der Waals surface area contributed by atoms with Crippen LogP contribution in [0.1, 0.15) is 84.0 Å². The average Bonchev–Trinajstić information content (AvgIpc) is 2.64. The van der Waals surface area contributed by atoms with E-state index in [1.165, 1.54) is 38.5 Å². The molecule has 0 fully saturated rings. The van der Waals surface area contributed by atoms with Crippen LogP contribution in [-0.2, 0) is 28.7 Å². The minimum Gasteiger partial charge on any atom is -0.393 e. The molecule has 4 N–H and O–H groups in total. The molecule has 0 rings (SSSR count). The van der Waals surface area contributed by atoms with E-state index in [9.17, 15) is 19.2 Å². The van der Waals surface area contributed by atoms with Crippen molar-refractivity contribution in [3.63, 3.8) is 0 Å². The van der Waals surface area contributed by atoms with Gasteiger partial charge in [-0.15, -0.1) is 0 Å². The van der Waals surface area contributed by atoms with Crippen LogP contribution >= 0.6 is 0 Å². The van der Waals surface area contributed by atoms with E-state index < -0.39 is 36.5 Å². The second-order valence-corrected chi connectivity index (χ2v) is 6.57. The summed E-state index contributed by atoms with van der Waals surface area (Å²) in [5.74, 6) is -3.17. The third-order valence-electron chi connectivity index (χ3n) is 4.06. The van der Waals surface area contributed by atoms with Gasteiger partial charge in [-0.1, -0.05) is 58.3 Å². The van der Waals surface area contributed by atoms with Gasteiger partial charge in [0.25, 0.3) is 0 Å². The van der Waals surface area contributed by atoms with Crippen LogP contribution in [0.4, 0.5) is 0 Å². The first-order valence-corrected chi connectivity index (χ1v) is 9.84. The number of esters is 4. The topological polar surface area (TPSA) is 139 Å². The Bertz CT molecular complexity index is 467. The lowest BCUT2D eigenvalue weighted by Crippen LogP contribution is -2.35. The van der Waals surface area contributed by atoms with Crippen LogP contribution in [-0.4, -0.2) is 36.5 Å². The van der Waals surface area contributed by atoms with Gasteiger partial charge >= 0.3 is 23.9 Å². The zero-order valence-electron chi connectivity index (χ0n) is 16.4. The molecule has 0 aromatic rings. The van der Waals surface area contributed by atoms with E-state index in [4.69, 9.17) is 11.5 Å². The fourth-order valence-corrected chi connectivity index (χ4v) is 2.43. The molecule has 0 aliphatic heterocycles. The standard InChI is InChI=1S/C19H34N2O6/c1-2-3-4-5-6-7-8-9-10-11-16(22)26-17(23)13-12-15(21)19(25)27-18(24)14-20/h15H,2-14,20-21H2,1H3. The fraction of sp³-hybridized carbons (Fsp3) is 0.789. The van der Waals surface area contributed by atoms with Crippen molar-refractivity contribution in [2.45, 2.75) is 90.0 Å². The number of carbonyl (C=O) groups excluding carboxylic acids is 4. The zero-order valence-corrected chi connectivity index (χ0v) is 16.4. The van der Waals surface area contributed by atoms with Crippen LogP contribution in [0.3, 0.4) is 0 Å². The van der Waals surface area contributed by atoms with Crippen molar-refractivity contribution >= 4 is 23.9 Å². The number of rotatable bonds is 15. The van der Waals surface area contributed by atoms with E-state index in [0.717, 1.165) is 12.8 Å². The number of unbranched alkanes of at least 4 members (excludes halogenated alkanes) is 8. The summed E-state index contributed by atoms with van der Waals surface area (Å²) < 4.78 is 9.02. The summed E-state index contributed by atoms with van der Waals surface area (Å²) >= 11 is 0. The molecular weight excluding hydrogens is 352 g/mol. The van der Waals surface area contributed by atoms with Crippen molar-refractivity contribution in [3.05, 3.63) is 0 Å². The van der Waals surface area contributed by atoms with Gasteiger partial charge < -0.3 is 20.9 Å². The normalized spacial score (nSPS) is 11.7. The molecule has 0 saturated heterocycles. The van der Waals surface area contributed by atoms with E-state index in [1.807, 2.05) is 0 Å². The van der Waals surface area contributed by atoms with E-state index in [2.05, 4.69) is 16.4 Å². The van der Waals surface area contributed by atoms with E-state index in [1.54, 1.807) is 0 Å². The molecule has 8 heteroatoms. The first-order valence-electron chi connectivity index (χ1n) is 9.84. The Hall–Kier alpha value is -1.80. The van der Waals surface area contributed by atoms with Crippen LogP contribution in [0.25, 0.3) is 0 Å². The minimum absolute atomic E-state index is 0.0825. The highest BCUT2D eigenvalue weighted by Crippen LogP contribution is 2.11. The van der Waals surface area contributed by atoms with Crippen molar-refractivity contribution in [1.82, 2.24) is 0 Å². The van der Waals surface area contributed by atoms with Gasteiger partial charge in [0.15, 0.2) is 0 Å². The van der Waals surface area contributed by atoms with Gasteiger partial charge in [0.1, 0.15) is 6.04 Å². The highest BCUT2D eigenvalue weighted by Gasteiger charge is 2.20. The largest absolute Gasteiger partial charge is 0.393 e. The SMILES string of the molecule is CCCCCCCCCCCC(=O)OC(=O)CCC(N)C(=O)OC(=O)CN. The number of carbonyl (C=O) groups is 4. The van der Waals surface area contributed by atoms with Crippen molar-refractivity contribution in [2.24, 2.45) is 11.5 Å². The Morgan fingerprint density at radius 1 is 0.741 bits per heavy atom. The van der Waals surface area contributed by atoms with Crippen molar-refractivity contribution in [2.75, 3.05) is 6.54 Å². The monoisotopic (exact) mass is 386 g/mol. The van der Waals surface area contributed by atoms with Gasteiger partial charge in [-0.25, -0.2) is 4.79 Å². The molecule has 0 aliphatic rings. The predicted octanol–water partition coefficient (Wildman–Crippen LogP) is 2.11. The molecule has 0 aliphatic carbocycles. The molecule has 0 aromatic carbocycles. The second kappa shape index (κ2) is 16.4. The third-order valence-corrected chi connectivity index (χ3v) is 4.06. The molecule has 0 radical (unpaired) electrons. The Balaban J connectivity index is 3.70. The Morgan fingerprint density at radius 3 is 1.81 bits per heavy atom. The van der Waals surface area contributed by atoms with Gasteiger partial charge in [-0.3, -0.25) is 14.4 Å². The Labute approximate surface area is 161 Å². The highest BCUT2D eigenvalue weighted by atomic mass is 16.6. The Morgan fingerprint density at radius 2 is 1.26 bits per heavy atom. The summed E-state index contributed by atoms with van der Waals surface area (Å²) in [7, 11) is 0. The lowest BCUT2D eigenvalue weighted by molar-refractivity contribution is -0.159. The minimum atomic E-state index is -1.15. The summed E-state index contributed by atoms with van der Waals surface area (Å²) in [5, 5.41) is 0. The van der Waals surface area contributed by atoms with Gasteiger partial charge in [-0.2, -0.15) is 0 Å². The maximum absolute atomic E-state index is 11.6. The molecule has 8 nitrogen and oxygen atoms in total. The first-order chi connectivity index (χ1) is 12.9. The maximum atomic E-state index is 11.6. The lowest BCUT2D eigenvalue weighted by atomic mass is 10.1. The Kier molecular flexibility index (Phi) is 15.3. The third kappa shape index (κ3) is 15.0. The molecule has 0 bridgehead atoms. The molecule has 0 aromatic heterocycles.